The molecule has 0 spiro atoms. The van der Waals surface area contributed by atoms with Crippen LogP contribution >= 0.6 is 11.6 Å². The third kappa shape index (κ3) is 6.29. The molecule has 0 radical (unpaired) electrons. The third-order valence-electron chi connectivity index (χ3n) is 5.20. The number of sulfonamides is 1. The minimum Gasteiger partial charge on any atom is -0.273 e. The van der Waals surface area contributed by atoms with E-state index in [1.54, 1.807) is 52.8 Å². The lowest BCUT2D eigenvalue weighted by molar-refractivity contribution is -0.121. The van der Waals surface area contributed by atoms with Gasteiger partial charge in [-0.25, -0.2) is 8.42 Å². The molecule has 31 heavy (non-hydrogen) atoms. The standard InChI is InChI=1S/C22H26ClN3O4S/c23-20-8-4-3-7-19(20)22(28)25-24-21(27)14-11-17-9-12-18(13-10-17)31(29,30)26-15-5-1-2-6-16-26/h3-4,7-10,12-13H,1-2,5-6,11,14-16H2,(H,24,27)(H,25,28). The molecule has 0 aromatic heterocycles. The van der Waals surface area contributed by atoms with Crippen LogP contribution in [-0.4, -0.2) is 37.6 Å². The summed E-state index contributed by atoms with van der Waals surface area (Å²) in [7, 11) is -3.49. The SMILES string of the molecule is O=C(CCc1ccc(S(=O)(=O)N2CCCCCC2)cc1)NNC(=O)c1ccccc1Cl. The number of carbonyl (C=O) groups is 2. The van der Waals surface area contributed by atoms with Gasteiger partial charge in [-0.3, -0.25) is 20.4 Å². The fourth-order valence-electron chi connectivity index (χ4n) is 3.42. The van der Waals surface area contributed by atoms with E-state index < -0.39 is 15.9 Å². The molecule has 2 aromatic rings. The second-order valence-electron chi connectivity index (χ2n) is 7.44. The molecule has 2 aromatic carbocycles. The number of hydrazine groups is 1. The molecule has 2 N–H and O–H groups in total. The van der Waals surface area contributed by atoms with Gasteiger partial charge in [-0.2, -0.15) is 4.31 Å². The van der Waals surface area contributed by atoms with Gasteiger partial charge in [0.1, 0.15) is 0 Å². The second kappa shape index (κ2) is 10.7. The van der Waals surface area contributed by atoms with Crippen LogP contribution in [0.25, 0.3) is 0 Å². The van der Waals surface area contributed by atoms with Gasteiger partial charge >= 0.3 is 0 Å². The first-order valence-corrected chi connectivity index (χ1v) is 12.1. The van der Waals surface area contributed by atoms with E-state index in [0.29, 0.717) is 24.5 Å². The van der Waals surface area contributed by atoms with Crippen LogP contribution in [0.2, 0.25) is 5.02 Å². The van der Waals surface area contributed by atoms with Crippen LogP contribution in [-0.2, 0) is 21.2 Å². The van der Waals surface area contributed by atoms with E-state index in [2.05, 4.69) is 10.9 Å². The van der Waals surface area contributed by atoms with Gasteiger partial charge in [0, 0.05) is 19.5 Å². The Balaban J connectivity index is 1.50. The molecule has 0 saturated carbocycles. The number of hydrogen-bond acceptors (Lipinski definition) is 4. The highest BCUT2D eigenvalue weighted by atomic mass is 35.5. The first-order chi connectivity index (χ1) is 14.9. The van der Waals surface area contributed by atoms with Crippen LogP contribution in [0.15, 0.2) is 53.4 Å². The maximum Gasteiger partial charge on any atom is 0.271 e. The fraction of sp³-hybridized carbons (Fsp3) is 0.364. The average molecular weight is 464 g/mol. The van der Waals surface area contributed by atoms with E-state index >= 15 is 0 Å². The monoisotopic (exact) mass is 463 g/mol. The summed E-state index contributed by atoms with van der Waals surface area (Å²) < 4.78 is 27.2. The van der Waals surface area contributed by atoms with E-state index in [9.17, 15) is 18.0 Å². The van der Waals surface area contributed by atoms with Crippen molar-refractivity contribution in [3.63, 3.8) is 0 Å². The Labute approximate surface area is 187 Å². The number of amides is 2. The van der Waals surface area contributed by atoms with Crippen LogP contribution in [0.3, 0.4) is 0 Å². The Morgan fingerprint density at radius 3 is 2.19 bits per heavy atom. The van der Waals surface area contributed by atoms with Crippen molar-refractivity contribution in [2.75, 3.05) is 13.1 Å². The average Bonchev–Trinajstić information content (AvgIpc) is 3.07. The van der Waals surface area contributed by atoms with E-state index in [-0.39, 0.29) is 22.8 Å². The molecule has 1 heterocycles. The number of benzene rings is 2. The lowest BCUT2D eigenvalue weighted by atomic mass is 10.1. The van der Waals surface area contributed by atoms with Crippen molar-refractivity contribution in [2.24, 2.45) is 0 Å². The van der Waals surface area contributed by atoms with Gasteiger partial charge in [-0.05, 0) is 49.1 Å². The first-order valence-electron chi connectivity index (χ1n) is 10.3. The smallest absolute Gasteiger partial charge is 0.271 e. The quantitative estimate of drug-likeness (QED) is 0.642. The van der Waals surface area contributed by atoms with Gasteiger partial charge < -0.3 is 0 Å². The number of hydrogen-bond donors (Lipinski definition) is 2. The minimum atomic E-state index is -3.49. The molecular formula is C22H26ClN3O4S. The van der Waals surface area contributed by atoms with Crippen molar-refractivity contribution in [1.82, 2.24) is 15.2 Å². The number of nitrogens with zero attached hydrogens (tertiary/aromatic N) is 1. The molecule has 0 atom stereocenters. The van der Waals surface area contributed by atoms with Crippen molar-refractivity contribution in [1.29, 1.82) is 0 Å². The fourth-order valence-corrected chi connectivity index (χ4v) is 5.16. The number of nitrogens with one attached hydrogen (secondary N) is 2. The molecule has 2 amide bonds. The molecule has 1 aliphatic rings. The summed E-state index contributed by atoms with van der Waals surface area (Å²) in [6, 6.07) is 13.2. The van der Waals surface area contributed by atoms with Crippen molar-refractivity contribution in [3.05, 3.63) is 64.7 Å². The zero-order valence-corrected chi connectivity index (χ0v) is 18.7. The Morgan fingerprint density at radius 2 is 1.55 bits per heavy atom. The van der Waals surface area contributed by atoms with E-state index in [1.165, 1.54) is 0 Å². The van der Waals surface area contributed by atoms with Crippen molar-refractivity contribution in [3.8, 4) is 0 Å². The van der Waals surface area contributed by atoms with Gasteiger partial charge in [0.2, 0.25) is 15.9 Å². The van der Waals surface area contributed by atoms with Crippen molar-refractivity contribution < 1.29 is 18.0 Å². The third-order valence-corrected chi connectivity index (χ3v) is 7.44. The van der Waals surface area contributed by atoms with Gasteiger partial charge in [0.05, 0.1) is 15.5 Å². The highest BCUT2D eigenvalue weighted by Gasteiger charge is 2.24. The largest absolute Gasteiger partial charge is 0.273 e. The van der Waals surface area contributed by atoms with E-state index in [1.807, 2.05) is 0 Å². The summed E-state index contributed by atoms with van der Waals surface area (Å²) in [5, 5.41) is 0.296. The molecule has 0 unspecified atom stereocenters. The van der Waals surface area contributed by atoms with E-state index in [0.717, 1.165) is 31.2 Å². The topological polar surface area (TPSA) is 95.6 Å². The highest BCUT2D eigenvalue weighted by Crippen LogP contribution is 2.21. The molecule has 3 rings (SSSR count). The second-order valence-corrected chi connectivity index (χ2v) is 9.79. The summed E-state index contributed by atoms with van der Waals surface area (Å²) in [4.78, 5) is 24.4. The van der Waals surface area contributed by atoms with Gasteiger partial charge in [-0.15, -0.1) is 0 Å². The lowest BCUT2D eigenvalue weighted by Gasteiger charge is -2.20. The summed E-state index contributed by atoms with van der Waals surface area (Å²) in [5.74, 6) is -0.858. The van der Waals surface area contributed by atoms with Crippen molar-refractivity contribution >= 4 is 33.4 Å². The summed E-state index contributed by atoms with van der Waals surface area (Å²) in [6.45, 7) is 1.12. The normalized spacial score (nSPS) is 15.1. The number of carbonyl (C=O) groups excluding carboxylic acids is 2. The van der Waals surface area contributed by atoms with Crippen LogP contribution in [0.4, 0.5) is 0 Å². The predicted octanol–water partition coefficient (Wildman–Crippen LogP) is 3.30. The zero-order chi connectivity index (χ0) is 22.3. The maximum absolute atomic E-state index is 12.8. The van der Waals surface area contributed by atoms with Crippen molar-refractivity contribution in [2.45, 2.75) is 43.4 Å². The van der Waals surface area contributed by atoms with Crippen LogP contribution in [0, 0.1) is 0 Å². The Bertz CT molecular complexity index is 1020. The molecule has 9 heteroatoms. The van der Waals surface area contributed by atoms with Crippen LogP contribution in [0.1, 0.15) is 48.0 Å². The molecule has 1 aliphatic heterocycles. The Morgan fingerprint density at radius 1 is 0.903 bits per heavy atom. The molecule has 1 fully saturated rings. The maximum atomic E-state index is 12.8. The number of halogens is 1. The summed E-state index contributed by atoms with van der Waals surface area (Å²) >= 11 is 5.96. The zero-order valence-electron chi connectivity index (χ0n) is 17.1. The van der Waals surface area contributed by atoms with Crippen LogP contribution in [0.5, 0.6) is 0 Å². The number of aryl methyl sites for hydroxylation is 1. The highest BCUT2D eigenvalue weighted by molar-refractivity contribution is 7.89. The Hall–Kier alpha value is -2.42. The van der Waals surface area contributed by atoms with Gasteiger partial charge in [-0.1, -0.05) is 48.7 Å². The van der Waals surface area contributed by atoms with Gasteiger partial charge in [0.25, 0.3) is 5.91 Å². The molecule has 1 saturated heterocycles. The molecule has 7 nitrogen and oxygen atoms in total. The lowest BCUT2D eigenvalue weighted by Crippen LogP contribution is -2.41. The van der Waals surface area contributed by atoms with Crippen LogP contribution < -0.4 is 10.9 Å². The predicted molar refractivity (Wildman–Crippen MR) is 119 cm³/mol. The summed E-state index contributed by atoms with van der Waals surface area (Å²) in [6.07, 6.45) is 4.45. The molecule has 166 valence electrons. The van der Waals surface area contributed by atoms with E-state index in [4.69, 9.17) is 11.6 Å². The Kier molecular flexibility index (Phi) is 8.06. The minimum absolute atomic E-state index is 0.140. The first kappa shape index (κ1) is 23.2. The van der Waals surface area contributed by atoms with Gasteiger partial charge in [0.15, 0.2) is 0 Å². The molecule has 0 bridgehead atoms. The number of rotatable bonds is 6. The molecule has 0 aliphatic carbocycles. The summed E-state index contributed by atoms with van der Waals surface area (Å²) in [5.41, 5.74) is 5.81. The molecular weight excluding hydrogens is 438 g/mol.